The Kier molecular flexibility index (Phi) is 3.71. The van der Waals surface area contributed by atoms with E-state index >= 15 is 0 Å². The van der Waals surface area contributed by atoms with Crippen LogP contribution in [0.3, 0.4) is 0 Å². The Labute approximate surface area is 109 Å². The van der Waals surface area contributed by atoms with Crippen LogP contribution in [-0.4, -0.2) is 4.98 Å². The van der Waals surface area contributed by atoms with E-state index in [1.165, 1.54) is 17.5 Å². The SMILES string of the molecule is Cc1ccc(C(NN)c2cnc(C(F)(F)F)s2)s1. The zero-order valence-corrected chi connectivity index (χ0v) is 10.9. The summed E-state index contributed by atoms with van der Waals surface area (Å²) in [7, 11) is 0. The number of thiazole rings is 1. The third-order valence-corrected chi connectivity index (χ3v) is 4.44. The maximum Gasteiger partial charge on any atom is 0.443 e. The molecular formula is C10H10F3N3S2. The average Bonchev–Trinajstić information content (AvgIpc) is 2.88. The minimum atomic E-state index is -4.41. The molecule has 3 N–H and O–H groups in total. The third kappa shape index (κ3) is 2.72. The van der Waals surface area contributed by atoms with Crippen molar-refractivity contribution in [2.45, 2.75) is 19.1 Å². The van der Waals surface area contributed by atoms with Gasteiger partial charge in [-0.1, -0.05) is 0 Å². The van der Waals surface area contributed by atoms with Gasteiger partial charge in [-0.05, 0) is 19.1 Å². The van der Waals surface area contributed by atoms with Crippen LogP contribution < -0.4 is 11.3 Å². The first-order valence-electron chi connectivity index (χ1n) is 4.97. The van der Waals surface area contributed by atoms with Gasteiger partial charge in [0.25, 0.3) is 0 Å². The molecule has 0 aliphatic carbocycles. The van der Waals surface area contributed by atoms with E-state index in [4.69, 9.17) is 5.84 Å². The summed E-state index contributed by atoms with van der Waals surface area (Å²) in [6.07, 6.45) is -3.19. The van der Waals surface area contributed by atoms with Gasteiger partial charge in [-0.15, -0.1) is 22.7 Å². The number of aromatic nitrogens is 1. The lowest BCUT2D eigenvalue weighted by Crippen LogP contribution is -2.27. The van der Waals surface area contributed by atoms with Gasteiger partial charge in [0, 0.05) is 20.8 Å². The first-order valence-corrected chi connectivity index (χ1v) is 6.60. The number of alkyl halides is 3. The second-order valence-corrected chi connectivity index (χ2v) is 6.00. The number of thiophene rings is 1. The number of nitrogens with two attached hydrogens (primary N) is 1. The minimum absolute atomic E-state index is 0.447. The van der Waals surface area contributed by atoms with Crippen molar-refractivity contribution in [2.24, 2.45) is 5.84 Å². The van der Waals surface area contributed by atoms with Crippen LogP contribution in [-0.2, 0) is 6.18 Å². The molecule has 0 bridgehead atoms. The number of hydrazine groups is 1. The molecule has 1 unspecified atom stereocenters. The van der Waals surface area contributed by atoms with Crippen molar-refractivity contribution in [1.29, 1.82) is 0 Å². The second kappa shape index (κ2) is 4.96. The fraction of sp³-hybridized carbons (Fsp3) is 0.300. The summed E-state index contributed by atoms with van der Waals surface area (Å²) < 4.78 is 37.4. The van der Waals surface area contributed by atoms with Crippen molar-refractivity contribution < 1.29 is 13.2 Å². The molecule has 2 aromatic heterocycles. The molecule has 2 aromatic rings. The Morgan fingerprint density at radius 1 is 1.28 bits per heavy atom. The zero-order valence-electron chi connectivity index (χ0n) is 9.28. The fourth-order valence-corrected chi connectivity index (χ4v) is 3.36. The Balaban J connectivity index is 2.31. The normalized spacial score (nSPS) is 13.8. The molecule has 0 saturated carbocycles. The molecule has 98 valence electrons. The van der Waals surface area contributed by atoms with Crippen molar-refractivity contribution >= 4 is 22.7 Å². The molecule has 2 rings (SSSR count). The predicted octanol–water partition coefficient (Wildman–Crippen LogP) is 3.08. The molecule has 0 aliphatic rings. The fourth-order valence-electron chi connectivity index (χ4n) is 1.46. The standard InChI is InChI=1S/C10H10F3N3S2/c1-5-2-3-6(17-5)8(16-14)7-4-15-9(18-7)10(11,12)13/h2-4,8,16H,14H2,1H3. The Hall–Kier alpha value is -0.960. The summed E-state index contributed by atoms with van der Waals surface area (Å²) in [6.45, 7) is 1.93. The molecule has 3 nitrogen and oxygen atoms in total. The maximum absolute atomic E-state index is 12.5. The quantitative estimate of drug-likeness (QED) is 0.675. The number of nitrogens with one attached hydrogen (secondary N) is 1. The maximum atomic E-state index is 12.5. The van der Waals surface area contributed by atoms with Crippen molar-refractivity contribution in [2.75, 3.05) is 0 Å². The van der Waals surface area contributed by atoms with Gasteiger partial charge in [0.1, 0.15) is 0 Å². The van der Waals surface area contributed by atoms with Crippen LogP contribution >= 0.6 is 22.7 Å². The van der Waals surface area contributed by atoms with E-state index in [2.05, 4.69) is 10.4 Å². The minimum Gasteiger partial charge on any atom is -0.271 e. The predicted molar refractivity (Wildman–Crippen MR) is 65.3 cm³/mol. The van der Waals surface area contributed by atoms with E-state index < -0.39 is 17.2 Å². The average molecular weight is 293 g/mol. The number of hydrogen-bond donors (Lipinski definition) is 2. The van der Waals surface area contributed by atoms with Gasteiger partial charge in [-0.25, -0.2) is 10.4 Å². The summed E-state index contributed by atoms with van der Waals surface area (Å²) in [6, 6.07) is 3.30. The number of hydrogen-bond acceptors (Lipinski definition) is 5. The molecule has 0 aromatic carbocycles. The van der Waals surface area contributed by atoms with E-state index in [1.54, 1.807) is 0 Å². The summed E-state index contributed by atoms with van der Waals surface area (Å²) >= 11 is 2.09. The molecule has 0 saturated heterocycles. The number of aryl methyl sites for hydroxylation is 1. The van der Waals surface area contributed by atoms with Crippen molar-refractivity contribution in [1.82, 2.24) is 10.4 Å². The first kappa shape index (κ1) is 13.5. The highest BCUT2D eigenvalue weighted by Crippen LogP contribution is 2.37. The van der Waals surface area contributed by atoms with E-state index in [1.807, 2.05) is 19.1 Å². The summed E-state index contributed by atoms with van der Waals surface area (Å²) in [5, 5.41) is -0.856. The lowest BCUT2D eigenvalue weighted by molar-refractivity contribution is -0.137. The van der Waals surface area contributed by atoms with Crippen LogP contribution in [0.2, 0.25) is 0 Å². The first-order chi connectivity index (χ1) is 8.41. The highest BCUT2D eigenvalue weighted by atomic mass is 32.1. The number of halogens is 3. The summed E-state index contributed by atoms with van der Waals surface area (Å²) in [5.41, 5.74) is 2.53. The van der Waals surface area contributed by atoms with Gasteiger partial charge < -0.3 is 0 Å². The monoisotopic (exact) mass is 293 g/mol. The Morgan fingerprint density at radius 3 is 2.44 bits per heavy atom. The molecule has 18 heavy (non-hydrogen) atoms. The molecule has 0 fully saturated rings. The highest BCUT2D eigenvalue weighted by molar-refractivity contribution is 7.13. The molecule has 0 spiro atoms. The third-order valence-electron chi connectivity index (χ3n) is 2.26. The largest absolute Gasteiger partial charge is 0.443 e. The van der Waals surface area contributed by atoms with Gasteiger partial charge in [0.15, 0.2) is 5.01 Å². The lowest BCUT2D eigenvalue weighted by Gasteiger charge is -2.11. The highest BCUT2D eigenvalue weighted by Gasteiger charge is 2.35. The molecule has 0 radical (unpaired) electrons. The van der Waals surface area contributed by atoms with E-state index in [-0.39, 0.29) is 0 Å². The van der Waals surface area contributed by atoms with Crippen molar-refractivity contribution in [3.05, 3.63) is 38.0 Å². The Morgan fingerprint density at radius 2 is 2.00 bits per heavy atom. The van der Waals surface area contributed by atoms with Gasteiger partial charge in [0.05, 0.1) is 6.04 Å². The molecule has 0 aliphatic heterocycles. The molecule has 0 amide bonds. The molecule has 1 atom stereocenters. The van der Waals surface area contributed by atoms with Crippen molar-refractivity contribution in [3.8, 4) is 0 Å². The van der Waals surface area contributed by atoms with E-state index in [9.17, 15) is 13.2 Å². The van der Waals surface area contributed by atoms with Crippen LogP contribution in [0.1, 0.15) is 25.7 Å². The lowest BCUT2D eigenvalue weighted by atomic mass is 10.2. The van der Waals surface area contributed by atoms with Crippen molar-refractivity contribution in [3.63, 3.8) is 0 Å². The van der Waals surface area contributed by atoms with Crippen LogP contribution in [0.5, 0.6) is 0 Å². The molecule has 8 heteroatoms. The second-order valence-electron chi connectivity index (χ2n) is 3.61. The van der Waals surface area contributed by atoms with Crippen LogP contribution in [0.25, 0.3) is 0 Å². The summed E-state index contributed by atoms with van der Waals surface area (Å²) in [5.74, 6) is 5.42. The van der Waals surface area contributed by atoms with Gasteiger partial charge >= 0.3 is 6.18 Å². The van der Waals surface area contributed by atoms with Crippen LogP contribution in [0.4, 0.5) is 13.2 Å². The number of nitrogens with zero attached hydrogens (tertiary/aromatic N) is 1. The topological polar surface area (TPSA) is 50.9 Å². The van der Waals surface area contributed by atoms with E-state index in [0.717, 1.165) is 9.75 Å². The smallest absolute Gasteiger partial charge is 0.271 e. The zero-order chi connectivity index (χ0) is 13.3. The summed E-state index contributed by atoms with van der Waals surface area (Å²) in [4.78, 5) is 5.78. The van der Waals surface area contributed by atoms with Gasteiger partial charge in [-0.2, -0.15) is 13.2 Å². The number of rotatable bonds is 3. The van der Waals surface area contributed by atoms with Crippen LogP contribution in [0.15, 0.2) is 18.3 Å². The molecule has 2 heterocycles. The Bertz CT molecular complexity index is 532. The molecular weight excluding hydrogens is 283 g/mol. The van der Waals surface area contributed by atoms with Gasteiger partial charge in [-0.3, -0.25) is 5.84 Å². The van der Waals surface area contributed by atoms with E-state index in [0.29, 0.717) is 16.2 Å². The van der Waals surface area contributed by atoms with Crippen LogP contribution in [0, 0.1) is 6.92 Å². The van der Waals surface area contributed by atoms with Gasteiger partial charge in [0.2, 0.25) is 0 Å².